The van der Waals surface area contributed by atoms with Crippen LogP contribution in [-0.4, -0.2) is 23.0 Å². The lowest BCUT2D eigenvalue weighted by atomic mass is 10.2. The first-order valence-electron chi connectivity index (χ1n) is 4.28. The van der Waals surface area contributed by atoms with Gasteiger partial charge in [0.15, 0.2) is 6.39 Å². The van der Waals surface area contributed by atoms with Gasteiger partial charge in [0.1, 0.15) is 12.1 Å². The van der Waals surface area contributed by atoms with Crippen LogP contribution in [0.4, 0.5) is 4.39 Å². The fourth-order valence-electron chi connectivity index (χ4n) is 1.44. The second-order valence-electron chi connectivity index (χ2n) is 3.13. The van der Waals surface area contributed by atoms with E-state index >= 15 is 0 Å². The van der Waals surface area contributed by atoms with Crippen molar-refractivity contribution in [2.24, 2.45) is 0 Å². The van der Waals surface area contributed by atoms with Crippen molar-refractivity contribution in [1.82, 2.24) is 9.88 Å². The van der Waals surface area contributed by atoms with Gasteiger partial charge in [-0.05, 0) is 6.42 Å². The molecule has 2 rings (SSSR count). The molecular weight excluding hydrogens is 171 g/mol. The highest BCUT2D eigenvalue weighted by Gasteiger charge is 2.13. The highest BCUT2D eigenvalue weighted by molar-refractivity contribution is 5.01. The second-order valence-corrected chi connectivity index (χ2v) is 3.13. The second kappa shape index (κ2) is 3.70. The van der Waals surface area contributed by atoms with Gasteiger partial charge in [0.25, 0.3) is 0 Å². The average Bonchev–Trinajstić information content (AvgIpc) is 2.57. The molecule has 0 atom stereocenters. The van der Waals surface area contributed by atoms with E-state index in [1.165, 1.54) is 6.39 Å². The Bertz CT molecular complexity index is 295. The zero-order valence-electron chi connectivity index (χ0n) is 7.24. The first-order chi connectivity index (χ1) is 6.34. The fourth-order valence-corrected chi connectivity index (χ4v) is 1.44. The molecule has 1 aromatic heterocycles. The van der Waals surface area contributed by atoms with Gasteiger partial charge in [0.2, 0.25) is 0 Å². The van der Waals surface area contributed by atoms with Gasteiger partial charge >= 0.3 is 0 Å². The van der Waals surface area contributed by atoms with Crippen LogP contribution in [0.5, 0.6) is 0 Å². The molecule has 0 aliphatic carbocycles. The van der Waals surface area contributed by atoms with Crippen molar-refractivity contribution in [2.45, 2.75) is 13.0 Å². The van der Waals surface area contributed by atoms with Gasteiger partial charge in [-0.15, -0.1) is 0 Å². The van der Waals surface area contributed by atoms with E-state index < -0.39 is 0 Å². The zero-order valence-corrected chi connectivity index (χ0v) is 7.24. The van der Waals surface area contributed by atoms with E-state index in [1.807, 2.05) is 4.90 Å². The molecule has 0 fully saturated rings. The molecule has 3 nitrogen and oxygen atoms in total. The van der Waals surface area contributed by atoms with Gasteiger partial charge in [0, 0.05) is 13.1 Å². The van der Waals surface area contributed by atoms with Crippen LogP contribution in [0.25, 0.3) is 0 Å². The van der Waals surface area contributed by atoms with E-state index in [-0.39, 0.29) is 5.83 Å². The smallest absolute Gasteiger partial charge is 0.180 e. The van der Waals surface area contributed by atoms with E-state index in [2.05, 4.69) is 4.98 Å². The molecule has 0 amide bonds. The van der Waals surface area contributed by atoms with Gasteiger partial charge in [-0.3, -0.25) is 4.90 Å². The van der Waals surface area contributed by atoms with Crippen molar-refractivity contribution >= 4 is 0 Å². The molecule has 0 bridgehead atoms. The third-order valence-corrected chi connectivity index (χ3v) is 2.05. The Morgan fingerprint density at radius 3 is 3.23 bits per heavy atom. The quantitative estimate of drug-likeness (QED) is 0.697. The molecule has 0 saturated heterocycles. The zero-order chi connectivity index (χ0) is 9.10. The lowest BCUT2D eigenvalue weighted by molar-refractivity contribution is 0.256. The van der Waals surface area contributed by atoms with Gasteiger partial charge < -0.3 is 4.42 Å². The van der Waals surface area contributed by atoms with Crippen molar-refractivity contribution < 1.29 is 8.81 Å². The summed E-state index contributed by atoms with van der Waals surface area (Å²) in [6.45, 7) is 1.95. The van der Waals surface area contributed by atoms with Crippen LogP contribution in [0.3, 0.4) is 0 Å². The van der Waals surface area contributed by atoms with Crippen LogP contribution in [-0.2, 0) is 6.54 Å². The first-order valence-corrected chi connectivity index (χ1v) is 4.28. The van der Waals surface area contributed by atoms with Gasteiger partial charge in [-0.25, -0.2) is 9.37 Å². The maximum atomic E-state index is 12.8. The number of halogens is 1. The molecule has 70 valence electrons. The van der Waals surface area contributed by atoms with Crippen molar-refractivity contribution in [1.29, 1.82) is 0 Å². The average molecular weight is 182 g/mol. The van der Waals surface area contributed by atoms with Crippen LogP contribution >= 0.6 is 0 Å². The molecular formula is C9H11FN2O. The Hall–Kier alpha value is -1.16. The van der Waals surface area contributed by atoms with Crippen LogP contribution in [0.2, 0.25) is 0 Å². The fraction of sp³-hybridized carbons (Fsp3) is 0.444. The Balaban J connectivity index is 1.93. The number of oxazole rings is 1. The normalized spacial score (nSPS) is 18.7. The van der Waals surface area contributed by atoms with E-state index in [9.17, 15) is 4.39 Å². The summed E-state index contributed by atoms with van der Waals surface area (Å²) in [7, 11) is 0. The number of hydrogen-bond acceptors (Lipinski definition) is 3. The number of nitrogens with zero attached hydrogens (tertiary/aromatic N) is 2. The maximum Gasteiger partial charge on any atom is 0.180 e. The summed E-state index contributed by atoms with van der Waals surface area (Å²) in [5.74, 6) is -0.0465. The Kier molecular flexibility index (Phi) is 2.40. The molecule has 13 heavy (non-hydrogen) atoms. The highest BCUT2D eigenvalue weighted by atomic mass is 19.1. The minimum absolute atomic E-state index is 0.0465. The van der Waals surface area contributed by atoms with Crippen molar-refractivity contribution in [3.8, 4) is 0 Å². The van der Waals surface area contributed by atoms with Gasteiger partial charge in [-0.1, -0.05) is 6.08 Å². The standard InChI is InChI=1S/C9H11FN2O/c10-8-2-1-3-12(4-8)5-9-6-13-7-11-9/h2,6-7H,1,3-5H2. The summed E-state index contributed by atoms with van der Waals surface area (Å²) >= 11 is 0. The third-order valence-electron chi connectivity index (χ3n) is 2.05. The van der Waals surface area contributed by atoms with E-state index in [4.69, 9.17) is 4.42 Å². The lowest BCUT2D eigenvalue weighted by Gasteiger charge is -2.22. The predicted octanol–water partition coefficient (Wildman–Crippen LogP) is 1.73. The molecule has 0 saturated carbocycles. The summed E-state index contributed by atoms with van der Waals surface area (Å²) < 4.78 is 17.7. The topological polar surface area (TPSA) is 29.3 Å². The van der Waals surface area contributed by atoms with Crippen LogP contribution in [0, 0.1) is 0 Å². The Labute approximate surface area is 75.9 Å². The lowest BCUT2D eigenvalue weighted by Crippen LogP contribution is -2.28. The minimum Gasteiger partial charge on any atom is -0.451 e. The van der Waals surface area contributed by atoms with E-state index in [1.54, 1.807) is 12.3 Å². The van der Waals surface area contributed by atoms with Crippen LogP contribution in [0.1, 0.15) is 12.1 Å². The molecule has 1 aliphatic rings. The van der Waals surface area contributed by atoms with Gasteiger partial charge in [0.05, 0.1) is 12.2 Å². The molecule has 1 aromatic rings. The first kappa shape index (κ1) is 8.44. The molecule has 0 unspecified atom stereocenters. The largest absolute Gasteiger partial charge is 0.451 e. The highest BCUT2D eigenvalue weighted by Crippen LogP contribution is 2.12. The number of aromatic nitrogens is 1. The van der Waals surface area contributed by atoms with Crippen molar-refractivity contribution in [3.63, 3.8) is 0 Å². The molecule has 4 heteroatoms. The minimum atomic E-state index is -0.0465. The summed E-state index contributed by atoms with van der Waals surface area (Å²) in [6, 6.07) is 0. The summed E-state index contributed by atoms with van der Waals surface area (Å²) in [5.41, 5.74) is 0.856. The summed E-state index contributed by atoms with van der Waals surface area (Å²) in [4.78, 5) is 5.99. The predicted molar refractivity (Wildman–Crippen MR) is 45.6 cm³/mol. The molecule has 0 spiro atoms. The summed E-state index contributed by atoms with van der Waals surface area (Å²) in [6.07, 6.45) is 5.41. The van der Waals surface area contributed by atoms with E-state index in [0.29, 0.717) is 13.1 Å². The van der Waals surface area contributed by atoms with E-state index in [0.717, 1.165) is 18.7 Å². The third kappa shape index (κ3) is 2.15. The Morgan fingerprint density at radius 1 is 1.62 bits per heavy atom. The maximum absolute atomic E-state index is 12.8. The Morgan fingerprint density at radius 2 is 2.54 bits per heavy atom. The van der Waals surface area contributed by atoms with Crippen LogP contribution < -0.4 is 0 Å². The number of hydrogen-bond donors (Lipinski definition) is 0. The summed E-state index contributed by atoms with van der Waals surface area (Å²) in [5, 5.41) is 0. The molecule has 0 aromatic carbocycles. The molecule has 0 N–H and O–H groups in total. The van der Waals surface area contributed by atoms with Gasteiger partial charge in [-0.2, -0.15) is 0 Å². The van der Waals surface area contributed by atoms with Crippen LogP contribution in [0.15, 0.2) is 29.0 Å². The monoisotopic (exact) mass is 182 g/mol. The number of rotatable bonds is 2. The van der Waals surface area contributed by atoms with Crippen molar-refractivity contribution in [2.75, 3.05) is 13.1 Å². The molecule has 1 aliphatic heterocycles. The molecule has 2 heterocycles. The molecule has 0 radical (unpaired) electrons. The SMILES string of the molecule is FC1=CCCN(Cc2cocn2)C1. The van der Waals surface area contributed by atoms with Crippen molar-refractivity contribution in [3.05, 3.63) is 30.3 Å².